The van der Waals surface area contributed by atoms with Gasteiger partial charge in [0.05, 0.1) is 12.8 Å². The average molecular weight is 353 g/mol. The Bertz CT molecular complexity index is 832. The Hall–Kier alpha value is -2.85. The molecule has 1 aromatic heterocycles. The molecular weight excluding hydrogens is 330 g/mol. The van der Waals surface area contributed by atoms with Crippen molar-refractivity contribution in [3.63, 3.8) is 0 Å². The first-order valence-corrected chi connectivity index (χ1v) is 8.86. The van der Waals surface area contributed by atoms with Crippen molar-refractivity contribution in [2.24, 2.45) is 0 Å². The number of nitrogens with zero attached hydrogens (tertiary/aromatic N) is 3. The van der Waals surface area contributed by atoms with Gasteiger partial charge in [0.2, 0.25) is 5.95 Å². The number of nitriles is 1. The van der Waals surface area contributed by atoms with E-state index in [4.69, 9.17) is 4.74 Å². The first-order chi connectivity index (χ1) is 12.7. The standard InChI is InChI=1S/C19H23N5O2/c1-26-15-7-5-14(6-8-15)17-16(13-20)18(25)23-19(22-17)21-9-12-24-10-3-2-4-11-24/h5-8H,2-4,9-12H2,1H3,(H2,21,22,23,25). The number of ether oxygens (including phenoxy) is 1. The van der Waals surface area contributed by atoms with Crippen LogP contribution in [0.2, 0.25) is 0 Å². The first kappa shape index (κ1) is 18.0. The molecule has 0 aliphatic carbocycles. The highest BCUT2D eigenvalue weighted by Gasteiger charge is 2.14. The Kier molecular flexibility index (Phi) is 5.87. The molecule has 136 valence electrons. The summed E-state index contributed by atoms with van der Waals surface area (Å²) >= 11 is 0. The van der Waals surface area contributed by atoms with E-state index in [-0.39, 0.29) is 5.56 Å². The average Bonchev–Trinajstić information content (AvgIpc) is 2.68. The summed E-state index contributed by atoms with van der Waals surface area (Å²) in [6, 6.07) is 9.09. The van der Waals surface area contributed by atoms with E-state index in [2.05, 4.69) is 20.2 Å². The van der Waals surface area contributed by atoms with E-state index in [0.717, 1.165) is 19.6 Å². The van der Waals surface area contributed by atoms with Crippen LogP contribution in [0.15, 0.2) is 29.1 Å². The van der Waals surface area contributed by atoms with E-state index in [1.54, 1.807) is 31.4 Å². The second-order valence-electron chi connectivity index (χ2n) is 6.31. The molecule has 2 aromatic rings. The molecule has 1 aromatic carbocycles. The van der Waals surface area contributed by atoms with Crippen molar-refractivity contribution < 1.29 is 4.74 Å². The number of methoxy groups -OCH3 is 1. The molecule has 0 radical (unpaired) electrons. The van der Waals surface area contributed by atoms with Gasteiger partial charge in [0, 0.05) is 18.7 Å². The largest absolute Gasteiger partial charge is 0.497 e. The SMILES string of the molecule is COc1ccc(-c2nc(NCCN3CCCCC3)[nH]c(=O)c2C#N)cc1. The molecule has 26 heavy (non-hydrogen) atoms. The molecule has 7 heteroatoms. The summed E-state index contributed by atoms with van der Waals surface area (Å²) in [6.45, 7) is 3.84. The molecule has 0 unspecified atom stereocenters. The summed E-state index contributed by atoms with van der Waals surface area (Å²) in [4.78, 5) is 21.8. The summed E-state index contributed by atoms with van der Waals surface area (Å²) in [5.74, 6) is 1.09. The lowest BCUT2D eigenvalue weighted by atomic mass is 10.1. The molecule has 2 N–H and O–H groups in total. The Labute approximate surface area is 152 Å². The van der Waals surface area contributed by atoms with Gasteiger partial charge in [0.25, 0.3) is 5.56 Å². The molecule has 0 amide bonds. The van der Waals surface area contributed by atoms with Crippen molar-refractivity contribution in [1.29, 1.82) is 5.26 Å². The van der Waals surface area contributed by atoms with Crippen LogP contribution in [0.4, 0.5) is 5.95 Å². The third-order valence-corrected chi connectivity index (χ3v) is 4.56. The second kappa shape index (κ2) is 8.50. The lowest BCUT2D eigenvalue weighted by Crippen LogP contribution is -2.34. The van der Waals surface area contributed by atoms with Gasteiger partial charge >= 0.3 is 0 Å². The van der Waals surface area contributed by atoms with Crippen molar-refractivity contribution in [3.8, 4) is 23.1 Å². The van der Waals surface area contributed by atoms with E-state index in [1.165, 1.54) is 19.3 Å². The molecule has 1 fully saturated rings. The number of anilines is 1. The predicted octanol–water partition coefficient (Wildman–Crippen LogP) is 2.21. The summed E-state index contributed by atoms with van der Waals surface area (Å²) < 4.78 is 5.15. The van der Waals surface area contributed by atoms with Gasteiger partial charge in [0.1, 0.15) is 17.4 Å². The summed E-state index contributed by atoms with van der Waals surface area (Å²) in [6.07, 6.45) is 3.79. The molecule has 2 heterocycles. The number of hydrogen-bond donors (Lipinski definition) is 2. The van der Waals surface area contributed by atoms with Gasteiger partial charge in [-0.15, -0.1) is 0 Å². The van der Waals surface area contributed by atoms with E-state index in [1.807, 2.05) is 6.07 Å². The van der Waals surface area contributed by atoms with Crippen LogP contribution in [-0.2, 0) is 0 Å². The van der Waals surface area contributed by atoms with Gasteiger partial charge in [-0.05, 0) is 50.2 Å². The Morgan fingerprint density at radius 3 is 2.65 bits per heavy atom. The van der Waals surface area contributed by atoms with Crippen LogP contribution in [0.5, 0.6) is 5.75 Å². The maximum absolute atomic E-state index is 12.3. The minimum absolute atomic E-state index is 0.0109. The maximum Gasteiger partial charge on any atom is 0.270 e. The first-order valence-electron chi connectivity index (χ1n) is 8.86. The Morgan fingerprint density at radius 1 is 1.27 bits per heavy atom. The molecule has 7 nitrogen and oxygen atoms in total. The Balaban J connectivity index is 1.77. The monoisotopic (exact) mass is 353 g/mol. The van der Waals surface area contributed by atoms with Crippen molar-refractivity contribution in [2.75, 3.05) is 38.6 Å². The van der Waals surface area contributed by atoms with Crippen LogP contribution in [-0.4, -0.2) is 48.2 Å². The van der Waals surface area contributed by atoms with Crippen LogP contribution in [0, 0.1) is 11.3 Å². The number of aromatic amines is 1. The number of benzene rings is 1. The second-order valence-corrected chi connectivity index (χ2v) is 6.31. The number of hydrogen-bond acceptors (Lipinski definition) is 6. The number of piperidine rings is 1. The third-order valence-electron chi connectivity index (χ3n) is 4.56. The zero-order chi connectivity index (χ0) is 18.4. The molecule has 3 rings (SSSR count). The fourth-order valence-electron chi connectivity index (χ4n) is 3.13. The van der Waals surface area contributed by atoms with Crippen LogP contribution in [0.3, 0.4) is 0 Å². The van der Waals surface area contributed by atoms with Gasteiger partial charge in [-0.1, -0.05) is 6.42 Å². The topological polar surface area (TPSA) is 94.0 Å². The van der Waals surface area contributed by atoms with Crippen molar-refractivity contribution in [3.05, 3.63) is 40.2 Å². The molecule has 1 saturated heterocycles. The van der Waals surface area contributed by atoms with Crippen molar-refractivity contribution >= 4 is 5.95 Å². The van der Waals surface area contributed by atoms with E-state index in [9.17, 15) is 10.1 Å². The molecule has 0 saturated carbocycles. The Morgan fingerprint density at radius 2 is 2.00 bits per heavy atom. The molecule has 0 spiro atoms. The smallest absolute Gasteiger partial charge is 0.270 e. The van der Waals surface area contributed by atoms with Crippen LogP contribution < -0.4 is 15.6 Å². The quantitative estimate of drug-likeness (QED) is 0.827. The fourth-order valence-corrected chi connectivity index (χ4v) is 3.13. The van der Waals surface area contributed by atoms with Gasteiger partial charge in [0.15, 0.2) is 0 Å². The number of H-pyrrole nitrogens is 1. The fraction of sp³-hybridized carbons (Fsp3) is 0.421. The highest BCUT2D eigenvalue weighted by atomic mass is 16.5. The maximum atomic E-state index is 12.3. The molecule has 1 aliphatic heterocycles. The van der Waals surface area contributed by atoms with Gasteiger partial charge < -0.3 is 15.0 Å². The highest BCUT2D eigenvalue weighted by molar-refractivity contribution is 5.67. The lowest BCUT2D eigenvalue weighted by Gasteiger charge is -2.26. The van der Waals surface area contributed by atoms with Crippen LogP contribution in [0.1, 0.15) is 24.8 Å². The highest BCUT2D eigenvalue weighted by Crippen LogP contribution is 2.22. The predicted molar refractivity (Wildman–Crippen MR) is 100 cm³/mol. The van der Waals surface area contributed by atoms with Crippen molar-refractivity contribution in [2.45, 2.75) is 19.3 Å². The van der Waals surface area contributed by atoms with E-state index >= 15 is 0 Å². The van der Waals surface area contributed by atoms with E-state index in [0.29, 0.717) is 29.5 Å². The number of nitrogens with one attached hydrogen (secondary N) is 2. The molecule has 1 aliphatic rings. The molecule has 0 bridgehead atoms. The summed E-state index contributed by atoms with van der Waals surface area (Å²) in [7, 11) is 1.59. The summed E-state index contributed by atoms with van der Waals surface area (Å²) in [5.41, 5.74) is 0.650. The zero-order valence-corrected chi connectivity index (χ0v) is 14.9. The molecular formula is C19H23N5O2. The van der Waals surface area contributed by atoms with E-state index < -0.39 is 5.56 Å². The minimum Gasteiger partial charge on any atom is -0.497 e. The van der Waals surface area contributed by atoms with Gasteiger partial charge in [-0.25, -0.2) is 4.98 Å². The number of rotatable bonds is 6. The van der Waals surface area contributed by atoms with Crippen LogP contribution >= 0.6 is 0 Å². The van der Waals surface area contributed by atoms with Crippen molar-refractivity contribution in [1.82, 2.24) is 14.9 Å². The minimum atomic E-state index is -0.436. The third kappa shape index (κ3) is 4.21. The van der Waals surface area contributed by atoms with Gasteiger partial charge in [-0.3, -0.25) is 9.78 Å². The number of aromatic nitrogens is 2. The summed E-state index contributed by atoms with van der Waals surface area (Å²) in [5, 5.41) is 12.5. The lowest BCUT2D eigenvalue weighted by molar-refractivity contribution is 0.237. The normalized spacial score (nSPS) is 14.6. The zero-order valence-electron chi connectivity index (χ0n) is 14.9. The van der Waals surface area contributed by atoms with Crippen LogP contribution in [0.25, 0.3) is 11.3 Å². The molecule has 0 atom stereocenters. The van der Waals surface area contributed by atoms with Gasteiger partial charge in [-0.2, -0.15) is 5.26 Å². The number of likely N-dealkylation sites (tertiary alicyclic amines) is 1.